The van der Waals surface area contributed by atoms with Crippen LogP contribution >= 0.6 is 35.7 Å². The molecule has 162 valence electrons. The standard InChI is InChI=1S/C22H28N2O3S3/c1-27-22(26)20(9-10-29-2)24-21(25)19-12-15(4-3-5-17(23)13-28)6-7-18(19)16-8-11-30-14-16/h3,5-8,11-12,14,17,20,28H,4,9-10,13,23H2,1-2H3,(H,24,25)/b5-3+/t17?,20-/m0/s1. The fraction of sp³-hybridized carbons (Fsp3) is 0.364. The zero-order chi connectivity index (χ0) is 21.9. The highest BCUT2D eigenvalue weighted by Gasteiger charge is 2.23. The molecular weight excluding hydrogens is 436 g/mol. The van der Waals surface area contributed by atoms with Gasteiger partial charge in [0.25, 0.3) is 5.91 Å². The van der Waals surface area contributed by atoms with E-state index in [1.807, 2.05) is 53.4 Å². The van der Waals surface area contributed by atoms with Gasteiger partial charge in [0.05, 0.1) is 7.11 Å². The lowest BCUT2D eigenvalue weighted by molar-refractivity contribution is -0.142. The zero-order valence-corrected chi connectivity index (χ0v) is 19.7. The Hall–Kier alpha value is -1.74. The van der Waals surface area contributed by atoms with Gasteiger partial charge in [0.2, 0.25) is 0 Å². The fourth-order valence-electron chi connectivity index (χ4n) is 2.88. The molecule has 8 heteroatoms. The minimum atomic E-state index is -0.679. The molecular formula is C22H28N2O3S3. The van der Waals surface area contributed by atoms with E-state index in [4.69, 9.17) is 10.5 Å². The average Bonchev–Trinajstić information content (AvgIpc) is 3.30. The van der Waals surface area contributed by atoms with E-state index in [0.717, 1.165) is 22.4 Å². The van der Waals surface area contributed by atoms with Gasteiger partial charge in [-0.15, -0.1) is 0 Å². The van der Waals surface area contributed by atoms with Gasteiger partial charge in [-0.3, -0.25) is 4.79 Å². The molecule has 0 saturated carbocycles. The summed E-state index contributed by atoms with van der Waals surface area (Å²) in [6.45, 7) is 0. The first-order chi connectivity index (χ1) is 14.5. The van der Waals surface area contributed by atoms with Gasteiger partial charge in [-0.1, -0.05) is 24.3 Å². The first-order valence-corrected chi connectivity index (χ1v) is 12.5. The Morgan fingerprint density at radius 1 is 1.37 bits per heavy atom. The van der Waals surface area contributed by atoms with Crippen molar-refractivity contribution in [2.45, 2.75) is 24.9 Å². The van der Waals surface area contributed by atoms with Crippen LogP contribution < -0.4 is 11.1 Å². The van der Waals surface area contributed by atoms with Crippen LogP contribution in [0.1, 0.15) is 22.3 Å². The van der Waals surface area contributed by atoms with Crippen LogP contribution in [0.2, 0.25) is 0 Å². The molecule has 3 N–H and O–H groups in total. The summed E-state index contributed by atoms with van der Waals surface area (Å²) in [5, 5.41) is 6.84. The Kier molecular flexibility index (Phi) is 10.5. The number of thiophene rings is 1. The molecule has 30 heavy (non-hydrogen) atoms. The SMILES string of the molecule is COC(=O)[C@H](CCSC)NC(=O)c1cc(C/C=C/C(N)CS)ccc1-c1ccsc1. The normalized spacial score (nSPS) is 13.2. The minimum absolute atomic E-state index is 0.0987. The highest BCUT2D eigenvalue weighted by atomic mass is 32.2. The molecule has 0 bridgehead atoms. The molecule has 0 aliphatic heterocycles. The highest BCUT2D eigenvalue weighted by molar-refractivity contribution is 7.98. The molecule has 1 heterocycles. The van der Waals surface area contributed by atoms with Crippen LogP contribution in [0.15, 0.2) is 47.2 Å². The van der Waals surface area contributed by atoms with Crippen LogP contribution in [0, 0.1) is 0 Å². The molecule has 0 aliphatic carbocycles. The van der Waals surface area contributed by atoms with E-state index < -0.39 is 12.0 Å². The molecule has 1 amide bonds. The van der Waals surface area contributed by atoms with Crippen molar-refractivity contribution in [3.63, 3.8) is 0 Å². The number of hydrogen-bond acceptors (Lipinski definition) is 7. The molecule has 1 unspecified atom stereocenters. The second-order valence-corrected chi connectivity index (χ2v) is 8.83. The third-order valence-corrected chi connectivity index (χ3v) is 6.26. The summed E-state index contributed by atoms with van der Waals surface area (Å²) in [6, 6.07) is 7.04. The van der Waals surface area contributed by atoms with Crippen molar-refractivity contribution >= 4 is 47.6 Å². The van der Waals surface area contributed by atoms with E-state index in [-0.39, 0.29) is 11.9 Å². The van der Waals surface area contributed by atoms with Crippen molar-refractivity contribution in [1.82, 2.24) is 5.32 Å². The number of nitrogens with two attached hydrogens (primary N) is 1. The van der Waals surface area contributed by atoms with E-state index in [1.54, 1.807) is 23.1 Å². The van der Waals surface area contributed by atoms with Gasteiger partial charge in [0.15, 0.2) is 0 Å². The van der Waals surface area contributed by atoms with E-state index in [2.05, 4.69) is 17.9 Å². The van der Waals surface area contributed by atoms with Crippen molar-refractivity contribution in [1.29, 1.82) is 0 Å². The van der Waals surface area contributed by atoms with Crippen molar-refractivity contribution in [3.05, 3.63) is 58.3 Å². The number of rotatable bonds is 11. The van der Waals surface area contributed by atoms with Gasteiger partial charge < -0.3 is 15.8 Å². The third-order valence-electron chi connectivity index (χ3n) is 4.51. The maximum atomic E-state index is 13.2. The second-order valence-electron chi connectivity index (χ2n) is 6.70. The topological polar surface area (TPSA) is 81.4 Å². The van der Waals surface area contributed by atoms with E-state index in [9.17, 15) is 9.59 Å². The summed E-state index contributed by atoms with van der Waals surface area (Å²) >= 11 is 7.37. The van der Waals surface area contributed by atoms with Crippen LogP contribution in [0.3, 0.4) is 0 Å². The predicted octanol–water partition coefficient (Wildman–Crippen LogP) is 3.80. The molecule has 1 aromatic heterocycles. The molecule has 0 aliphatic rings. The molecule has 2 atom stereocenters. The molecule has 2 aromatic rings. The summed E-state index contributed by atoms with van der Waals surface area (Å²) < 4.78 is 4.87. The lowest BCUT2D eigenvalue weighted by Gasteiger charge is -2.18. The summed E-state index contributed by atoms with van der Waals surface area (Å²) in [5.41, 5.74) is 9.20. The first kappa shape index (κ1) is 24.5. The van der Waals surface area contributed by atoms with Gasteiger partial charge in [-0.05, 0) is 64.4 Å². The van der Waals surface area contributed by atoms with Crippen LogP contribution in [0.25, 0.3) is 11.1 Å². The Labute approximate surface area is 191 Å². The van der Waals surface area contributed by atoms with Gasteiger partial charge in [0, 0.05) is 17.4 Å². The predicted molar refractivity (Wildman–Crippen MR) is 131 cm³/mol. The van der Waals surface area contributed by atoms with E-state index in [0.29, 0.717) is 24.2 Å². The fourth-order valence-corrected chi connectivity index (χ4v) is 4.13. The summed E-state index contributed by atoms with van der Waals surface area (Å²) in [7, 11) is 1.33. The van der Waals surface area contributed by atoms with Gasteiger partial charge >= 0.3 is 5.97 Å². The smallest absolute Gasteiger partial charge is 0.328 e. The molecule has 0 saturated heterocycles. The Balaban J connectivity index is 2.31. The molecule has 0 fully saturated rings. The number of benzene rings is 1. The van der Waals surface area contributed by atoms with Gasteiger partial charge in [-0.25, -0.2) is 4.79 Å². The number of hydrogen-bond donors (Lipinski definition) is 3. The molecule has 0 radical (unpaired) electrons. The number of carbonyl (C=O) groups excluding carboxylic acids is 2. The average molecular weight is 465 g/mol. The number of nitrogens with one attached hydrogen (secondary N) is 1. The molecule has 1 aromatic carbocycles. The number of thiol groups is 1. The largest absolute Gasteiger partial charge is 0.467 e. The third kappa shape index (κ3) is 7.19. The second kappa shape index (κ2) is 12.8. The highest BCUT2D eigenvalue weighted by Crippen LogP contribution is 2.27. The van der Waals surface area contributed by atoms with Crippen LogP contribution in [0.4, 0.5) is 0 Å². The summed E-state index contributed by atoms with van der Waals surface area (Å²) in [5.74, 6) is 0.597. The lowest BCUT2D eigenvalue weighted by Crippen LogP contribution is -2.42. The molecule has 5 nitrogen and oxygen atoms in total. The lowest BCUT2D eigenvalue weighted by atomic mass is 9.97. The number of amides is 1. The number of esters is 1. The van der Waals surface area contributed by atoms with Crippen molar-refractivity contribution in [2.75, 3.05) is 24.9 Å². The number of carbonyl (C=O) groups is 2. The van der Waals surface area contributed by atoms with Crippen LogP contribution in [-0.4, -0.2) is 48.8 Å². The van der Waals surface area contributed by atoms with E-state index >= 15 is 0 Å². The quantitative estimate of drug-likeness (QED) is 0.268. The maximum absolute atomic E-state index is 13.2. The summed E-state index contributed by atoms with van der Waals surface area (Å²) in [6.07, 6.45) is 7.02. The number of ether oxygens (including phenoxy) is 1. The minimum Gasteiger partial charge on any atom is -0.467 e. The monoisotopic (exact) mass is 464 g/mol. The van der Waals surface area contributed by atoms with Crippen molar-refractivity contribution in [2.24, 2.45) is 5.73 Å². The number of allylic oxidation sites excluding steroid dienone is 1. The van der Waals surface area contributed by atoms with Gasteiger partial charge in [-0.2, -0.15) is 35.7 Å². The molecule has 2 rings (SSSR count). The number of methoxy groups -OCH3 is 1. The Bertz CT molecular complexity index is 853. The summed E-state index contributed by atoms with van der Waals surface area (Å²) in [4.78, 5) is 25.3. The first-order valence-electron chi connectivity index (χ1n) is 9.56. The van der Waals surface area contributed by atoms with Gasteiger partial charge in [0.1, 0.15) is 6.04 Å². The Morgan fingerprint density at radius 2 is 2.17 bits per heavy atom. The van der Waals surface area contributed by atoms with Crippen molar-refractivity contribution in [3.8, 4) is 11.1 Å². The van der Waals surface area contributed by atoms with E-state index in [1.165, 1.54) is 7.11 Å². The molecule has 0 spiro atoms. The number of thioether (sulfide) groups is 1. The zero-order valence-electron chi connectivity index (χ0n) is 17.2. The van der Waals surface area contributed by atoms with Crippen LogP contribution in [0.5, 0.6) is 0 Å². The van der Waals surface area contributed by atoms with Crippen LogP contribution in [-0.2, 0) is 16.0 Å². The Morgan fingerprint density at radius 3 is 2.80 bits per heavy atom. The van der Waals surface area contributed by atoms with Crippen molar-refractivity contribution < 1.29 is 14.3 Å². The maximum Gasteiger partial charge on any atom is 0.328 e.